The molecule has 0 atom stereocenters. The van der Waals surface area contributed by atoms with Crippen LogP contribution >= 0.6 is 0 Å². The second kappa shape index (κ2) is 4.69. The molecule has 0 saturated carbocycles. The maximum Gasteiger partial charge on any atom is 0.306 e. The molecule has 0 amide bonds. The van der Waals surface area contributed by atoms with Crippen molar-refractivity contribution < 1.29 is 27.0 Å². The molecule has 0 bridgehead atoms. The molecule has 1 rings (SSSR count). The minimum Gasteiger partial charge on any atom is -0.290 e. The number of nitro groups is 1. The maximum atomic E-state index is 13.2. The molecule has 0 aromatic heterocycles. The third-order valence-corrected chi connectivity index (χ3v) is 2.96. The highest BCUT2D eigenvalue weighted by Crippen LogP contribution is 2.24. The number of rotatable bonds is 4. The van der Waals surface area contributed by atoms with E-state index in [0.717, 1.165) is 7.11 Å². The van der Waals surface area contributed by atoms with Crippen LogP contribution in [0.5, 0.6) is 0 Å². The summed E-state index contributed by atoms with van der Waals surface area (Å²) in [4.78, 5) is 13.7. The zero-order valence-electron chi connectivity index (χ0n) is 8.31. The van der Waals surface area contributed by atoms with Crippen molar-refractivity contribution in [3.8, 4) is 0 Å². The van der Waals surface area contributed by atoms with E-state index in [9.17, 15) is 27.3 Å². The van der Waals surface area contributed by atoms with Gasteiger partial charge in [-0.1, -0.05) is 4.89 Å². The molecule has 0 aliphatic heterocycles. The third-order valence-electron chi connectivity index (χ3n) is 1.68. The van der Waals surface area contributed by atoms with Gasteiger partial charge >= 0.3 is 5.69 Å². The van der Waals surface area contributed by atoms with Crippen molar-refractivity contribution >= 4 is 15.7 Å². The van der Waals surface area contributed by atoms with E-state index in [1.165, 1.54) is 4.89 Å². The number of nitro benzene ring substituents is 1. The van der Waals surface area contributed by atoms with Crippen molar-refractivity contribution in [2.75, 3.05) is 7.11 Å². The first-order chi connectivity index (χ1) is 7.79. The van der Waals surface area contributed by atoms with Gasteiger partial charge in [0.1, 0.15) is 10.7 Å². The largest absolute Gasteiger partial charge is 0.306 e. The Bertz CT molecular complexity index is 560. The monoisotopic (exact) mass is 268 g/mol. The molecule has 0 fully saturated rings. The Hall–Kier alpha value is -1.65. The van der Waals surface area contributed by atoms with E-state index >= 15 is 0 Å². The quantitative estimate of drug-likeness (QED) is 0.640. The molecule has 0 unspecified atom stereocenters. The molecular formula is C7H6F2N2O5S. The standard InChI is InChI=1S/C7H6F2N2O5S/c1-16-10-17(14,15)7-3-6(11(12)13)4(8)2-5(7)9/h2-3,10H,1H3. The van der Waals surface area contributed by atoms with E-state index in [1.54, 1.807) is 0 Å². The highest BCUT2D eigenvalue weighted by molar-refractivity contribution is 7.89. The predicted octanol–water partition coefficient (Wildman–Crippen LogP) is 0.713. The Morgan fingerprint density at radius 2 is 1.94 bits per heavy atom. The molecule has 0 aliphatic rings. The van der Waals surface area contributed by atoms with Crippen LogP contribution in [0.25, 0.3) is 0 Å². The van der Waals surface area contributed by atoms with Crippen LogP contribution in [-0.4, -0.2) is 20.5 Å². The highest BCUT2D eigenvalue weighted by atomic mass is 32.2. The Balaban J connectivity index is 3.45. The fraction of sp³-hybridized carbons (Fsp3) is 0.143. The van der Waals surface area contributed by atoms with Gasteiger partial charge in [-0.2, -0.15) is 4.39 Å². The second-order valence-corrected chi connectivity index (χ2v) is 4.40. The summed E-state index contributed by atoms with van der Waals surface area (Å²) in [7, 11) is -3.48. The molecule has 1 aromatic rings. The number of nitrogens with zero attached hydrogens (tertiary/aromatic N) is 1. The third kappa shape index (κ3) is 2.72. The lowest BCUT2D eigenvalue weighted by Crippen LogP contribution is -2.23. The Morgan fingerprint density at radius 3 is 2.41 bits per heavy atom. The zero-order valence-corrected chi connectivity index (χ0v) is 9.12. The lowest BCUT2D eigenvalue weighted by Gasteiger charge is -2.05. The molecular weight excluding hydrogens is 262 g/mol. The Kier molecular flexibility index (Phi) is 3.70. The number of nitrogens with one attached hydrogen (secondary N) is 1. The van der Waals surface area contributed by atoms with Gasteiger partial charge in [0.2, 0.25) is 5.82 Å². The first-order valence-electron chi connectivity index (χ1n) is 3.98. The minimum atomic E-state index is -4.43. The van der Waals surface area contributed by atoms with Gasteiger partial charge in [0, 0.05) is 12.1 Å². The van der Waals surface area contributed by atoms with Gasteiger partial charge in [-0.25, -0.2) is 12.8 Å². The average molecular weight is 268 g/mol. The molecule has 0 saturated heterocycles. The number of hydrogen-bond donors (Lipinski definition) is 1. The van der Waals surface area contributed by atoms with Crippen molar-refractivity contribution in [1.82, 2.24) is 4.89 Å². The summed E-state index contributed by atoms with van der Waals surface area (Å²) in [5, 5.41) is 10.4. The van der Waals surface area contributed by atoms with Crippen LogP contribution < -0.4 is 4.89 Å². The topological polar surface area (TPSA) is 98.5 Å². The van der Waals surface area contributed by atoms with E-state index in [-0.39, 0.29) is 12.1 Å². The van der Waals surface area contributed by atoms with Crippen LogP contribution in [-0.2, 0) is 14.9 Å². The van der Waals surface area contributed by atoms with Gasteiger partial charge in [-0.3, -0.25) is 15.0 Å². The van der Waals surface area contributed by atoms with Gasteiger partial charge in [0.05, 0.1) is 12.0 Å². The molecule has 10 heteroatoms. The van der Waals surface area contributed by atoms with Crippen LogP contribution in [0.15, 0.2) is 17.0 Å². The van der Waals surface area contributed by atoms with Gasteiger partial charge in [0.15, 0.2) is 0 Å². The van der Waals surface area contributed by atoms with E-state index in [0.29, 0.717) is 0 Å². The van der Waals surface area contributed by atoms with E-state index in [1.807, 2.05) is 0 Å². The molecule has 0 heterocycles. The fourth-order valence-electron chi connectivity index (χ4n) is 1.02. The smallest absolute Gasteiger partial charge is 0.290 e. The van der Waals surface area contributed by atoms with E-state index in [4.69, 9.17) is 0 Å². The summed E-state index contributed by atoms with van der Waals surface area (Å²) < 4.78 is 48.7. The molecule has 17 heavy (non-hydrogen) atoms. The van der Waals surface area contributed by atoms with Gasteiger partial charge in [0.25, 0.3) is 10.0 Å². The molecule has 1 aromatic carbocycles. The minimum absolute atomic E-state index is 0.113. The van der Waals surface area contributed by atoms with Crippen LogP contribution in [0, 0.1) is 21.7 Å². The maximum absolute atomic E-state index is 13.2. The van der Waals surface area contributed by atoms with Crippen LogP contribution in [0.2, 0.25) is 0 Å². The lowest BCUT2D eigenvalue weighted by molar-refractivity contribution is -0.387. The first-order valence-corrected chi connectivity index (χ1v) is 5.46. The van der Waals surface area contributed by atoms with Crippen LogP contribution in [0.4, 0.5) is 14.5 Å². The summed E-state index contributed by atoms with van der Waals surface area (Å²) in [6.45, 7) is 0. The Morgan fingerprint density at radius 1 is 1.35 bits per heavy atom. The molecule has 0 radical (unpaired) electrons. The SMILES string of the molecule is CONS(=O)(=O)c1cc([N+](=O)[O-])c(F)cc1F. The molecule has 94 valence electrons. The Labute approximate surface area is 94.2 Å². The van der Waals surface area contributed by atoms with Crippen molar-refractivity contribution in [3.05, 3.63) is 33.9 Å². The fourth-order valence-corrected chi connectivity index (χ4v) is 1.91. The molecule has 0 spiro atoms. The van der Waals surface area contributed by atoms with Gasteiger partial charge in [-0.05, 0) is 0 Å². The van der Waals surface area contributed by atoms with Crippen molar-refractivity contribution in [3.63, 3.8) is 0 Å². The van der Waals surface area contributed by atoms with E-state index in [2.05, 4.69) is 4.84 Å². The van der Waals surface area contributed by atoms with Crippen molar-refractivity contribution in [1.29, 1.82) is 0 Å². The zero-order chi connectivity index (χ0) is 13.2. The van der Waals surface area contributed by atoms with Gasteiger partial charge in [-0.15, -0.1) is 0 Å². The molecule has 1 N–H and O–H groups in total. The van der Waals surface area contributed by atoms with Crippen LogP contribution in [0.3, 0.4) is 0 Å². The van der Waals surface area contributed by atoms with Crippen molar-refractivity contribution in [2.45, 2.75) is 4.90 Å². The van der Waals surface area contributed by atoms with Gasteiger partial charge < -0.3 is 0 Å². The molecule has 7 nitrogen and oxygen atoms in total. The normalized spacial score (nSPS) is 11.5. The first kappa shape index (κ1) is 13.4. The summed E-state index contributed by atoms with van der Waals surface area (Å²) in [5.41, 5.74) is -1.15. The highest BCUT2D eigenvalue weighted by Gasteiger charge is 2.26. The lowest BCUT2D eigenvalue weighted by atomic mass is 10.3. The second-order valence-electron chi connectivity index (χ2n) is 2.78. The van der Waals surface area contributed by atoms with Crippen molar-refractivity contribution in [2.24, 2.45) is 0 Å². The number of sulfonamides is 1. The summed E-state index contributed by atoms with van der Waals surface area (Å²) in [6.07, 6.45) is 0. The van der Waals surface area contributed by atoms with E-state index < -0.39 is 37.2 Å². The number of halogens is 2. The summed E-state index contributed by atoms with van der Waals surface area (Å²) in [5.74, 6) is -2.93. The summed E-state index contributed by atoms with van der Waals surface area (Å²) in [6, 6.07) is 0.383. The molecule has 0 aliphatic carbocycles. The average Bonchev–Trinajstić information content (AvgIpc) is 2.15. The predicted molar refractivity (Wildman–Crippen MR) is 50.3 cm³/mol. The number of hydrogen-bond acceptors (Lipinski definition) is 5. The van der Waals surface area contributed by atoms with Crippen LogP contribution in [0.1, 0.15) is 0 Å². The number of benzene rings is 1. The summed E-state index contributed by atoms with van der Waals surface area (Å²) >= 11 is 0.